The van der Waals surface area contributed by atoms with Crippen molar-refractivity contribution in [1.82, 2.24) is 10.6 Å². The zero-order chi connectivity index (χ0) is 30.5. The average molecular weight is 589 g/mol. The van der Waals surface area contributed by atoms with E-state index in [-0.39, 0.29) is 38.1 Å². The number of ether oxygens (including phenoxy) is 3. The molecule has 0 aliphatic carbocycles. The summed E-state index contributed by atoms with van der Waals surface area (Å²) in [7, 11) is 0. The molecular weight excluding hydrogens is 544 g/mol. The summed E-state index contributed by atoms with van der Waals surface area (Å²) in [5.74, 6) is -1.28. The van der Waals surface area contributed by atoms with Crippen LogP contribution in [0.15, 0.2) is 24.3 Å². The molecule has 1 fully saturated rings. The van der Waals surface area contributed by atoms with E-state index in [2.05, 4.69) is 10.6 Å². The van der Waals surface area contributed by atoms with E-state index in [0.717, 1.165) is 0 Å². The summed E-state index contributed by atoms with van der Waals surface area (Å²) in [5, 5.41) is 76.5. The second-order valence-corrected chi connectivity index (χ2v) is 10.6. The van der Waals surface area contributed by atoms with Gasteiger partial charge in [0.25, 0.3) is 0 Å². The first-order valence-corrected chi connectivity index (χ1v) is 13.6. The topological polar surface area (TPSA) is 227 Å². The third-order valence-corrected chi connectivity index (χ3v) is 6.96. The Bertz CT molecular complexity index is 905. The highest BCUT2D eigenvalue weighted by Crippen LogP contribution is 2.31. The Kier molecular flexibility index (Phi) is 15.1. The van der Waals surface area contributed by atoms with E-state index in [9.17, 15) is 45.3 Å². The highest BCUT2D eigenvalue weighted by molar-refractivity contribution is 5.75. The third-order valence-electron chi connectivity index (χ3n) is 6.96. The van der Waals surface area contributed by atoms with Crippen LogP contribution < -0.4 is 15.4 Å². The van der Waals surface area contributed by atoms with Crippen LogP contribution in [-0.4, -0.2) is 130 Å². The van der Waals surface area contributed by atoms with Crippen molar-refractivity contribution in [2.45, 2.75) is 63.0 Å². The first-order chi connectivity index (χ1) is 19.5. The van der Waals surface area contributed by atoms with Crippen molar-refractivity contribution in [3.63, 3.8) is 0 Å². The molecule has 0 radical (unpaired) electrons. The predicted molar refractivity (Wildman–Crippen MR) is 144 cm³/mol. The lowest BCUT2D eigenvalue weighted by atomic mass is 9.81. The average Bonchev–Trinajstić information content (AvgIpc) is 2.96. The number of amides is 1. The van der Waals surface area contributed by atoms with Gasteiger partial charge in [-0.1, -0.05) is 13.8 Å². The van der Waals surface area contributed by atoms with Crippen molar-refractivity contribution >= 4 is 12.4 Å². The lowest BCUT2D eigenvalue weighted by molar-refractivity contribution is -0.225. The molecule has 1 aromatic rings. The Morgan fingerprint density at radius 2 is 1.71 bits per heavy atom. The maximum Gasteiger partial charge on any atom is 0.413 e. The summed E-state index contributed by atoms with van der Waals surface area (Å²) in [4.78, 5) is 22.7. The number of nitrogens with one attached hydrogen (secondary N) is 2. The fraction of sp³-hybridized carbons (Fsp3) is 0.704. The number of aliphatic hydroxyl groups excluding tert-OH is 7. The molecule has 1 aromatic carbocycles. The molecule has 2 rings (SSSR count). The number of carbonyl (C=O) groups is 2. The number of benzene rings is 1. The largest absolute Gasteiger partial charge is 0.413 e. The summed E-state index contributed by atoms with van der Waals surface area (Å²) in [6, 6.07) is 5.87. The zero-order valence-electron chi connectivity index (χ0n) is 23.3. The molecule has 14 heteroatoms. The molecular formula is C27H44N2O12. The first kappa shape index (κ1) is 35.0. The number of hydrogen-bond donors (Lipinski definition) is 9. The van der Waals surface area contributed by atoms with Gasteiger partial charge in [-0.05, 0) is 36.6 Å². The van der Waals surface area contributed by atoms with Gasteiger partial charge in [0.05, 0.1) is 57.5 Å². The second-order valence-electron chi connectivity index (χ2n) is 10.6. The van der Waals surface area contributed by atoms with Crippen LogP contribution in [0.5, 0.6) is 5.75 Å². The van der Waals surface area contributed by atoms with Crippen LogP contribution in [0.3, 0.4) is 0 Å². The maximum atomic E-state index is 12.0. The lowest BCUT2D eigenvalue weighted by Gasteiger charge is -2.43. The minimum Gasteiger partial charge on any atom is -0.410 e. The molecule has 9 unspecified atom stereocenters. The number of rotatable bonds is 17. The molecule has 0 saturated carbocycles. The van der Waals surface area contributed by atoms with Crippen molar-refractivity contribution < 1.29 is 59.5 Å². The third kappa shape index (κ3) is 10.8. The van der Waals surface area contributed by atoms with Gasteiger partial charge in [0.15, 0.2) is 0 Å². The van der Waals surface area contributed by atoms with Gasteiger partial charge in [0, 0.05) is 23.9 Å². The van der Waals surface area contributed by atoms with Crippen LogP contribution in [0.4, 0.5) is 4.79 Å². The summed E-state index contributed by atoms with van der Waals surface area (Å²) in [6.45, 7) is 1.87. The van der Waals surface area contributed by atoms with Crippen molar-refractivity contribution in [3.05, 3.63) is 29.8 Å². The fourth-order valence-electron chi connectivity index (χ4n) is 4.67. The fourth-order valence-corrected chi connectivity index (χ4v) is 4.67. The van der Waals surface area contributed by atoms with E-state index in [0.29, 0.717) is 18.3 Å². The standard InChI is InChI=1S/C27H44N2O12/c1-15(2)7-18-25(36)22(11-32)41-23(26(18)37)13-39-12-19(24(35)21(34)10-31)20(33)8-28-14-29-27(38)40-17-5-3-16(9-30)4-6-17/h3-6,9,15,18-26,28,31-37H,7-8,10-14H2,1-2H3,(H,29,38). The van der Waals surface area contributed by atoms with Crippen molar-refractivity contribution in [2.24, 2.45) is 17.8 Å². The van der Waals surface area contributed by atoms with Crippen LogP contribution in [-0.2, 0) is 9.47 Å². The summed E-state index contributed by atoms with van der Waals surface area (Å²) < 4.78 is 16.4. The maximum absolute atomic E-state index is 12.0. The van der Waals surface area contributed by atoms with Crippen LogP contribution in [0.2, 0.25) is 0 Å². The number of aldehydes is 1. The van der Waals surface area contributed by atoms with Crippen molar-refractivity contribution in [2.75, 3.05) is 39.6 Å². The Morgan fingerprint density at radius 1 is 1.05 bits per heavy atom. The molecule has 1 aliphatic rings. The van der Waals surface area contributed by atoms with E-state index in [1.165, 1.54) is 24.3 Å². The SMILES string of the molecule is CC(C)CC1C(O)C(CO)OC(COCC(C(O)CNCNC(=O)Oc2ccc(C=O)cc2)C(O)C(O)CO)C1O. The number of hydrogen-bond acceptors (Lipinski definition) is 13. The predicted octanol–water partition coefficient (Wildman–Crippen LogP) is -2.01. The van der Waals surface area contributed by atoms with Gasteiger partial charge < -0.3 is 55.3 Å². The molecule has 41 heavy (non-hydrogen) atoms. The normalized spacial score (nSPS) is 25.8. The summed E-state index contributed by atoms with van der Waals surface area (Å²) >= 11 is 0. The van der Waals surface area contributed by atoms with Gasteiger partial charge in [0.1, 0.15) is 30.3 Å². The highest BCUT2D eigenvalue weighted by Gasteiger charge is 2.44. The van der Waals surface area contributed by atoms with Crippen molar-refractivity contribution in [1.29, 1.82) is 0 Å². The molecule has 0 aromatic heterocycles. The van der Waals surface area contributed by atoms with Crippen LogP contribution in [0.1, 0.15) is 30.6 Å². The number of aliphatic hydroxyl groups is 7. The van der Waals surface area contributed by atoms with E-state index in [1.807, 2.05) is 13.8 Å². The molecule has 234 valence electrons. The van der Waals surface area contributed by atoms with E-state index >= 15 is 0 Å². The molecule has 0 spiro atoms. The van der Waals surface area contributed by atoms with Crippen LogP contribution in [0, 0.1) is 17.8 Å². The lowest BCUT2D eigenvalue weighted by Crippen LogP contribution is -2.57. The molecule has 1 heterocycles. The Hall–Kier alpha value is -2.24. The van der Waals surface area contributed by atoms with Crippen LogP contribution in [0.25, 0.3) is 0 Å². The molecule has 1 saturated heterocycles. The first-order valence-electron chi connectivity index (χ1n) is 13.6. The molecule has 9 atom stereocenters. The molecule has 9 N–H and O–H groups in total. The van der Waals surface area contributed by atoms with Gasteiger partial charge in [-0.15, -0.1) is 0 Å². The van der Waals surface area contributed by atoms with Crippen molar-refractivity contribution in [3.8, 4) is 5.75 Å². The second kappa shape index (κ2) is 17.7. The Morgan fingerprint density at radius 3 is 2.29 bits per heavy atom. The van der Waals surface area contributed by atoms with Gasteiger partial charge >= 0.3 is 6.09 Å². The minimum atomic E-state index is -1.58. The smallest absolute Gasteiger partial charge is 0.410 e. The van der Waals surface area contributed by atoms with Gasteiger partial charge in [-0.2, -0.15) is 0 Å². The van der Waals surface area contributed by atoms with Crippen LogP contribution >= 0.6 is 0 Å². The van der Waals surface area contributed by atoms with E-state index in [1.54, 1.807) is 0 Å². The molecule has 1 amide bonds. The Labute approximate surface area is 238 Å². The summed E-state index contributed by atoms with van der Waals surface area (Å²) in [6.07, 6.45) is -8.10. The minimum absolute atomic E-state index is 0.126. The van der Waals surface area contributed by atoms with E-state index < -0.39 is 73.9 Å². The Balaban J connectivity index is 1.89. The zero-order valence-corrected chi connectivity index (χ0v) is 23.3. The number of carbonyl (C=O) groups excluding carboxylic acids is 2. The highest BCUT2D eigenvalue weighted by atomic mass is 16.6. The molecule has 0 bridgehead atoms. The monoisotopic (exact) mass is 588 g/mol. The molecule has 1 aliphatic heterocycles. The quantitative estimate of drug-likeness (QED) is 0.0545. The summed E-state index contributed by atoms with van der Waals surface area (Å²) in [5.41, 5.74) is 0.423. The van der Waals surface area contributed by atoms with Gasteiger partial charge in [-0.25, -0.2) is 4.79 Å². The van der Waals surface area contributed by atoms with Gasteiger partial charge in [0.2, 0.25) is 0 Å². The molecule has 14 nitrogen and oxygen atoms in total. The van der Waals surface area contributed by atoms with E-state index in [4.69, 9.17) is 14.2 Å². The van der Waals surface area contributed by atoms with Gasteiger partial charge in [-0.3, -0.25) is 10.1 Å².